The van der Waals surface area contributed by atoms with Gasteiger partial charge in [-0.2, -0.15) is 5.26 Å². The van der Waals surface area contributed by atoms with E-state index in [-0.39, 0.29) is 11.7 Å². The summed E-state index contributed by atoms with van der Waals surface area (Å²) in [6.45, 7) is 0. The number of hydrogen-bond acceptors (Lipinski definition) is 6. The topological polar surface area (TPSA) is 92.8 Å². The maximum atomic E-state index is 12.5. The lowest BCUT2D eigenvalue weighted by Gasteiger charge is -2.25. The van der Waals surface area contributed by atoms with Gasteiger partial charge in [0.15, 0.2) is 11.0 Å². The van der Waals surface area contributed by atoms with Crippen molar-refractivity contribution >= 4 is 23.4 Å². The number of nitriles is 1. The van der Waals surface area contributed by atoms with Crippen LogP contribution in [0.15, 0.2) is 53.7 Å². The molecule has 0 bridgehead atoms. The Morgan fingerprint density at radius 2 is 1.84 bits per heavy atom. The minimum Gasteiger partial charge on any atom is -0.497 e. The summed E-state index contributed by atoms with van der Waals surface area (Å²) in [7, 11) is 1.65. The van der Waals surface area contributed by atoms with Gasteiger partial charge in [0.2, 0.25) is 5.91 Å². The maximum Gasteiger partial charge on any atom is 0.234 e. The largest absolute Gasteiger partial charge is 0.497 e. The second-order valence-corrected chi connectivity index (χ2v) is 8.67. The number of carbonyl (C=O) groups excluding carboxylic acids is 1. The molecule has 164 valence electrons. The molecule has 1 saturated carbocycles. The summed E-state index contributed by atoms with van der Waals surface area (Å²) in [5.41, 5.74) is 2.21. The lowest BCUT2D eigenvalue weighted by atomic mass is 9.95. The molecule has 2 aromatic carbocycles. The molecule has 1 heterocycles. The Labute approximate surface area is 191 Å². The van der Waals surface area contributed by atoms with Gasteiger partial charge in [-0.25, -0.2) is 0 Å². The highest BCUT2D eigenvalue weighted by molar-refractivity contribution is 7.99. The van der Waals surface area contributed by atoms with Crippen LogP contribution in [0.5, 0.6) is 5.75 Å². The highest BCUT2D eigenvalue weighted by Crippen LogP contribution is 2.36. The minimum atomic E-state index is -0.121. The Hall–Kier alpha value is -3.31. The fourth-order valence-electron chi connectivity index (χ4n) is 3.94. The number of aromatic nitrogens is 3. The molecule has 0 spiro atoms. The molecular formula is C24H25N5O2S. The van der Waals surface area contributed by atoms with E-state index in [1.165, 1.54) is 31.0 Å². The molecule has 0 atom stereocenters. The summed E-state index contributed by atoms with van der Waals surface area (Å²) in [5.74, 6) is 1.73. The van der Waals surface area contributed by atoms with E-state index >= 15 is 0 Å². The molecule has 4 rings (SSSR count). The molecule has 1 aliphatic carbocycles. The predicted molar refractivity (Wildman–Crippen MR) is 125 cm³/mol. The van der Waals surface area contributed by atoms with Crippen molar-refractivity contribution in [3.05, 3.63) is 54.1 Å². The smallest absolute Gasteiger partial charge is 0.234 e. The fraction of sp³-hybridized carbons (Fsp3) is 0.333. The molecule has 0 saturated heterocycles. The van der Waals surface area contributed by atoms with Crippen molar-refractivity contribution in [2.75, 3.05) is 18.2 Å². The number of hydrogen-bond donors (Lipinski definition) is 1. The SMILES string of the molecule is COc1ccc(-c2nnc(SCC(=O)Nc3ccc(C#N)cc3)n2C2CCCCC2)cc1. The lowest BCUT2D eigenvalue weighted by Crippen LogP contribution is -2.17. The Morgan fingerprint density at radius 3 is 2.50 bits per heavy atom. The van der Waals surface area contributed by atoms with Crippen LogP contribution in [0.3, 0.4) is 0 Å². The highest BCUT2D eigenvalue weighted by Gasteiger charge is 2.24. The second-order valence-electron chi connectivity index (χ2n) is 7.72. The van der Waals surface area contributed by atoms with E-state index in [0.717, 1.165) is 35.1 Å². The predicted octanol–water partition coefficient (Wildman–Crippen LogP) is 5.06. The Balaban J connectivity index is 1.51. The van der Waals surface area contributed by atoms with E-state index in [4.69, 9.17) is 10.00 Å². The molecule has 1 N–H and O–H groups in total. The Kier molecular flexibility index (Phi) is 7.07. The van der Waals surface area contributed by atoms with Gasteiger partial charge < -0.3 is 10.1 Å². The van der Waals surface area contributed by atoms with Crippen LogP contribution in [0.2, 0.25) is 0 Å². The van der Waals surface area contributed by atoms with Crippen LogP contribution in [-0.2, 0) is 4.79 Å². The normalized spacial score (nSPS) is 14.0. The standard InChI is InChI=1S/C24H25N5O2S/c1-31-21-13-9-18(10-14-21)23-27-28-24(29(23)20-5-3-2-4-6-20)32-16-22(30)26-19-11-7-17(15-25)8-12-19/h7-14,20H,2-6,16H2,1H3,(H,26,30). The summed E-state index contributed by atoms with van der Waals surface area (Å²) in [6.07, 6.45) is 5.81. The summed E-state index contributed by atoms with van der Waals surface area (Å²) in [6, 6.07) is 17.1. The molecule has 3 aromatic rings. The highest BCUT2D eigenvalue weighted by atomic mass is 32.2. The number of anilines is 1. The number of carbonyl (C=O) groups is 1. The molecule has 0 unspecified atom stereocenters. The van der Waals surface area contributed by atoms with E-state index in [1.807, 2.05) is 24.3 Å². The van der Waals surface area contributed by atoms with Crippen LogP contribution in [-0.4, -0.2) is 33.5 Å². The molecular weight excluding hydrogens is 422 g/mol. The van der Waals surface area contributed by atoms with Crippen LogP contribution >= 0.6 is 11.8 Å². The zero-order valence-electron chi connectivity index (χ0n) is 18.0. The molecule has 1 aliphatic rings. The maximum absolute atomic E-state index is 12.5. The molecule has 1 aromatic heterocycles. The van der Waals surface area contributed by atoms with Crippen molar-refractivity contribution in [2.24, 2.45) is 0 Å². The zero-order valence-corrected chi connectivity index (χ0v) is 18.8. The van der Waals surface area contributed by atoms with Crippen LogP contribution in [0.25, 0.3) is 11.4 Å². The van der Waals surface area contributed by atoms with Gasteiger partial charge in [0.25, 0.3) is 0 Å². The third kappa shape index (κ3) is 5.11. The Bertz CT molecular complexity index is 1100. The van der Waals surface area contributed by atoms with Gasteiger partial charge in [0.05, 0.1) is 24.5 Å². The number of ether oxygens (including phenoxy) is 1. The van der Waals surface area contributed by atoms with Gasteiger partial charge in [-0.1, -0.05) is 31.0 Å². The first kappa shape index (κ1) is 21.9. The number of methoxy groups -OCH3 is 1. The molecule has 8 heteroatoms. The van der Waals surface area contributed by atoms with Crippen molar-refractivity contribution in [3.8, 4) is 23.2 Å². The third-order valence-corrected chi connectivity index (χ3v) is 6.53. The average molecular weight is 448 g/mol. The van der Waals surface area contributed by atoms with Crippen LogP contribution in [0.4, 0.5) is 5.69 Å². The molecule has 7 nitrogen and oxygen atoms in total. The van der Waals surface area contributed by atoms with Crippen molar-refractivity contribution in [2.45, 2.75) is 43.3 Å². The van der Waals surface area contributed by atoms with Crippen molar-refractivity contribution in [3.63, 3.8) is 0 Å². The van der Waals surface area contributed by atoms with Gasteiger partial charge >= 0.3 is 0 Å². The van der Waals surface area contributed by atoms with Gasteiger partial charge in [-0.15, -0.1) is 10.2 Å². The van der Waals surface area contributed by atoms with Crippen molar-refractivity contribution < 1.29 is 9.53 Å². The number of thioether (sulfide) groups is 1. The molecule has 0 aliphatic heterocycles. The van der Waals surface area contributed by atoms with E-state index in [9.17, 15) is 4.79 Å². The third-order valence-electron chi connectivity index (χ3n) is 5.58. The quantitative estimate of drug-likeness (QED) is 0.509. The fourth-order valence-corrected chi connectivity index (χ4v) is 4.74. The first-order valence-electron chi connectivity index (χ1n) is 10.7. The van der Waals surface area contributed by atoms with Crippen molar-refractivity contribution in [1.82, 2.24) is 14.8 Å². The average Bonchev–Trinajstić information content (AvgIpc) is 3.28. The van der Waals surface area contributed by atoms with E-state index in [2.05, 4.69) is 26.2 Å². The summed E-state index contributed by atoms with van der Waals surface area (Å²) in [4.78, 5) is 12.5. The van der Waals surface area contributed by atoms with E-state index in [1.54, 1.807) is 31.4 Å². The monoisotopic (exact) mass is 447 g/mol. The molecule has 32 heavy (non-hydrogen) atoms. The van der Waals surface area contributed by atoms with Crippen LogP contribution < -0.4 is 10.1 Å². The molecule has 1 fully saturated rings. The Morgan fingerprint density at radius 1 is 1.12 bits per heavy atom. The van der Waals surface area contributed by atoms with Gasteiger partial charge in [0.1, 0.15) is 5.75 Å². The van der Waals surface area contributed by atoms with Crippen LogP contribution in [0.1, 0.15) is 43.7 Å². The lowest BCUT2D eigenvalue weighted by molar-refractivity contribution is -0.113. The van der Waals surface area contributed by atoms with Gasteiger partial charge in [0, 0.05) is 17.3 Å². The zero-order chi connectivity index (χ0) is 22.3. The van der Waals surface area contributed by atoms with Gasteiger partial charge in [-0.3, -0.25) is 9.36 Å². The van der Waals surface area contributed by atoms with Crippen molar-refractivity contribution in [1.29, 1.82) is 5.26 Å². The first-order chi connectivity index (χ1) is 15.7. The number of amides is 1. The number of rotatable bonds is 7. The first-order valence-corrected chi connectivity index (χ1v) is 11.7. The van der Waals surface area contributed by atoms with E-state index in [0.29, 0.717) is 17.3 Å². The molecule has 0 radical (unpaired) electrons. The number of nitrogens with one attached hydrogen (secondary N) is 1. The number of benzene rings is 2. The summed E-state index contributed by atoms with van der Waals surface area (Å²) < 4.78 is 7.49. The molecule has 1 amide bonds. The second kappa shape index (κ2) is 10.3. The number of nitrogens with zero attached hydrogens (tertiary/aromatic N) is 4. The van der Waals surface area contributed by atoms with Crippen LogP contribution in [0, 0.1) is 11.3 Å². The summed E-state index contributed by atoms with van der Waals surface area (Å²) in [5, 5.41) is 21.5. The van der Waals surface area contributed by atoms with E-state index < -0.39 is 0 Å². The summed E-state index contributed by atoms with van der Waals surface area (Å²) >= 11 is 1.40. The van der Waals surface area contributed by atoms with Gasteiger partial charge in [-0.05, 0) is 61.4 Å². The minimum absolute atomic E-state index is 0.121.